The van der Waals surface area contributed by atoms with Gasteiger partial charge in [-0.15, -0.1) is 0 Å². The van der Waals surface area contributed by atoms with Gasteiger partial charge in [0.15, 0.2) is 0 Å². The molecular formula is C17H20N2O2. The molecule has 0 aliphatic rings. The second-order valence-corrected chi connectivity index (χ2v) is 4.35. The predicted molar refractivity (Wildman–Crippen MR) is 86.1 cm³/mol. The molecule has 0 amide bonds. The standard InChI is InChI=1S/C17H20N2O2/c1-3-20-16-9-5-14(6-10-16)19(13-18)15-7-11-17(12-8-15)21-4-2/h5-13,18H,3-4H2,1-2H3. The minimum absolute atomic E-state index is 0.645. The second kappa shape index (κ2) is 7.33. The number of nitrogens with one attached hydrogen (secondary N) is 1. The SMILES string of the molecule is CCOc1ccc(N(C=N)c2ccc(OCC)cc2)cc1. The third-order valence-corrected chi connectivity index (χ3v) is 2.98. The predicted octanol–water partition coefficient (Wildman–Crippen LogP) is 4.23. The minimum Gasteiger partial charge on any atom is -0.494 e. The third kappa shape index (κ3) is 3.75. The molecule has 0 spiro atoms. The molecule has 0 unspecified atom stereocenters. The van der Waals surface area contributed by atoms with Crippen LogP contribution in [0.15, 0.2) is 48.5 Å². The van der Waals surface area contributed by atoms with Gasteiger partial charge >= 0.3 is 0 Å². The number of benzene rings is 2. The van der Waals surface area contributed by atoms with Gasteiger partial charge < -0.3 is 14.4 Å². The molecule has 0 radical (unpaired) electrons. The monoisotopic (exact) mass is 284 g/mol. The van der Waals surface area contributed by atoms with Gasteiger partial charge in [0.05, 0.1) is 19.6 Å². The van der Waals surface area contributed by atoms with Crippen LogP contribution in [0.4, 0.5) is 11.4 Å². The van der Waals surface area contributed by atoms with Crippen molar-refractivity contribution in [3.63, 3.8) is 0 Å². The van der Waals surface area contributed by atoms with Crippen LogP contribution in [0.3, 0.4) is 0 Å². The quantitative estimate of drug-likeness (QED) is 0.611. The highest BCUT2D eigenvalue weighted by molar-refractivity contribution is 5.87. The largest absolute Gasteiger partial charge is 0.494 e. The van der Waals surface area contributed by atoms with Gasteiger partial charge in [0.25, 0.3) is 0 Å². The van der Waals surface area contributed by atoms with E-state index in [4.69, 9.17) is 14.9 Å². The zero-order chi connectivity index (χ0) is 15.1. The second-order valence-electron chi connectivity index (χ2n) is 4.35. The van der Waals surface area contributed by atoms with E-state index in [0.717, 1.165) is 22.9 Å². The summed E-state index contributed by atoms with van der Waals surface area (Å²) >= 11 is 0. The van der Waals surface area contributed by atoms with E-state index in [0.29, 0.717) is 13.2 Å². The van der Waals surface area contributed by atoms with E-state index in [1.165, 1.54) is 6.34 Å². The van der Waals surface area contributed by atoms with Crippen molar-refractivity contribution in [3.05, 3.63) is 48.5 Å². The summed E-state index contributed by atoms with van der Waals surface area (Å²) < 4.78 is 10.9. The molecule has 0 aliphatic carbocycles. The molecule has 4 nitrogen and oxygen atoms in total. The summed E-state index contributed by atoms with van der Waals surface area (Å²) in [6, 6.07) is 15.4. The third-order valence-electron chi connectivity index (χ3n) is 2.98. The fourth-order valence-electron chi connectivity index (χ4n) is 2.04. The van der Waals surface area contributed by atoms with Gasteiger partial charge in [0.1, 0.15) is 11.5 Å². The fraction of sp³-hybridized carbons (Fsp3) is 0.235. The van der Waals surface area contributed by atoms with Gasteiger partial charge in [-0.2, -0.15) is 0 Å². The molecule has 0 saturated heterocycles. The Morgan fingerprint density at radius 2 is 1.19 bits per heavy atom. The maximum atomic E-state index is 7.64. The molecule has 2 rings (SSSR count). The van der Waals surface area contributed by atoms with Crippen LogP contribution in [-0.4, -0.2) is 19.6 Å². The van der Waals surface area contributed by atoms with Gasteiger partial charge in [-0.3, -0.25) is 5.41 Å². The Bertz CT molecular complexity index is 515. The zero-order valence-corrected chi connectivity index (χ0v) is 12.4. The molecule has 0 aromatic heterocycles. The van der Waals surface area contributed by atoms with E-state index >= 15 is 0 Å². The molecule has 0 fully saturated rings. The Morgan fingerprint density at radius 3 is 1.48 bits per heavy atom. The average Bonchev–Trinajstić information content (AvgIpc) is 2.52. The van der Waals surface area contributed by atoms with E-state index in [1.807, 2.05) is 62.4 Å². The first-order chi connectivity index (χ1) is 10.3. The van der Waals surface area contributed by atoms with Crippen molar-refractivity contribution in [1.82, 2.24) is 0 Å². The number of anilines is 2. The van der Waals surface area contributed by atoms with E-state index in [2.05, 4.69) is 0 Å². The van der Waals surface area contributed by atoms with Crippen molar-refractivity contribution in [1.29, 1.82) is 5.41 Å². The van der Waals surface area contributed by atoms with Crippen molar-refractivity contribution in [2.24, 2.45) is 0 Å². The molecule has 0 atom stereocenters. The van der Waals surface area contributed by atoms with Crippen LogP contribution in [0, 0.1) is 5.41 Å². The van der Waals surface area contributed by atoms with Gasteiger partial charge in [0, 0.05) is 11.4 Å². The average molecular weight is 284 g/mol. The summed E-state index contributed by atoms with van der Waals surface area (Å²) in [4.78, 5) is 1.80. The number of hydrogen-bond donors (Lipinski definition) is 1. The van der Waals surface area contributed by atoms with E-state index in [1.54, 1.807) is 4.90 Å². The Kier molecular flexibility index (Phi) is 5.21. The Hall–Kier alpha value is -2.49. The fourth-order valence-corrected chi connectivity index (χ4v) is 2.04. The summed E-state index contributed by atoms with van der Waals surface area (Å²) in [6.07, 6.45) is 1.30. The zero-order valence-electron chi connectivity index (χ0n) is 12.4. The molecule has 0 aliphatic heterocycles. The summed E-state index contributed by atoms with van der Waals surface area (Å²) in [5, 5.41) is 7.64. The Balaban J connectivity index is 2.20. The molecule has 0 bridgehead atoms. The molecule has 2 aromatic carbocycles. The lowest BCUT2D eigenvalue weighted by Gasteiger charge is -2.20. The molecule has 0 heterocycles. The van der Waals surface area contributed by atoms with E-state index < -0.39 is 0 Å². The number of nitrogens with zero attached hydrogens (tertiary/aromatic N) is 1. The van der Waals surface area contributed by atoms with Crippen LogP contribution in [0.2, 0.25) is 0 Å². The maximum absolute atomic E-state index is 7.64. The van der Waals surface area contributed by atoms with E-state index in [-0.39, 0.29) is 0 Å². The topological polar surface area (TPSA) is 45.5 Å². The summed E-state index contributed by atoms with van der Waals surface area (Å²) in [5.41, 5.74) is 1.83. The van der Waals surface area contributed by atoms with Crippen LogP contribution in [0.5, 0.6) is 11.5 Å². The lowest BCUT2D eigenvalue weighted by molar-refractivity contribution is 0.340. The van der Waals surface area contributed by atoms with Crippen LogP contribution >= 0.6 is 0 Å². The summed E-state index contributed by atoms with van der Waals surface area (Å²) in [6.45, 7) is 5.20. The Morgan fingerprint density at radius 1 is 0.810 bits per heavy atom. The molecule has 21 heavy (non-hydrogen) atoms. The molecule has 110 valence electrons. The van der Waals surface area contributed by atoms with Crippen LogP contribution in [0.1, 0.15) is 13.8 Å². The summed E-state index contributed by atoms with van der Waals surface area (Å²) in [7, 11) is 0. The van der Waals surface area contributed by atoms with Crippen molar-refractivity contribution < 1.29 is 9.47 Å². The van der Waals surface area contributed by atoms with Gasteiger partial charge in [-0.1, -0.05) is 0 Å². The number of ether oxygens (including phenoxy) is 2. The smallest absolute Gasteiger partial charge is 0.119 e. The van der Waals surface area contributed by atoms with Crippen LogP contribution in [0.25, 0.3) is 0 Å². The molecule has 4 heteroatoms. The number of hydrogen-bond acceptors (Lipinski definition) is 3. The first-order valence-electron chi connectivity index (χ1n) is 7.04. The van der Waals surface area contributed by atoms with Crippen molar-refractivity contribution in [2.75, 3.05) is 18.1 Å². The minimum atomic E-state index is 0.645. The highest BCUT2D eigenvalue weighted by atomic mass is 16.5. The Labute approximate surface area is 125 Å². The highest BCUT2D eigenvalue weighted by Gasteiger charge is 2.07. The first kappa shape index (κ1) is 14.9. The highest BCUT2D eigenvalue weighted by Crippen LogP contribution is 2.27. The van der Waals surface area contributed by atoms with Crippen molar-refractivity contribution >= 4 is 17.7 Å². The van der Waals surface area contributed by atoms with Crippen molar-refractivity contribution in [2.45, 2.75) is 13.8 Å². The van der Waals surface area contributed by atoms with Crippen molar-refractivity contribution in [3.8, 4) is 11.5 Å². The number of rotatable bonds is 7. The lowest BCUT2D eigenvalue weighted by atomic mass is 10.2. The van der Waals surface area contributed by atoms with Gasteiger partial charge in [-0.05, 0) is 62.4 Å². The van der Waals surface area contributed by atoms with Gasteiger partial charge in [-0.25, -0.2) is 0 Å². The molecule has 1 N–H and O–H groups in total. The summed E-state index contributed by atoms with van der Waals surface area (Å²) in [5.74, 6) is 1.66. The van der Waals surface area contributed by atoms with Gasteiger partial charge in [0.2, 0.25) is 0 Å². The van der Waals surface area contributed by atoms with Crippen LogP contribution in [-0.2, 0) is 0 Å². The van der Waals surface area contributed by atoms with Crippen LogP contribution < -0.4 is 14.4 Å². The molecular weight excluding hydrogens is 264 g/mol. The lowest BCUT2D eigenvalue weighted by Crippen LogP contribution is -2.13. The maximum Gasteiger partial charge on any atom is 0.119 e. The van der Waals surface area contributed by atoms with E-state index in [9.17, 15) is 0 Å². The molecule has 0 saturated carbocycles. The normalized spacial score (nSPS) is 10.0. The first-order valence-corrected chi connectivity index (χ1v) is 7.04. The molecule has 2 aromatic rings.